The summed E-state index contributed by atoms with van der Waals surface area (Å²) in [6, 6.07) is 16.3. The zero-order chi connectivity index (χ0) is 16.9. The van der Waals surface area contributed by atoms with Gasteiger partial charge in [-0.2, -0.15) is 4.98 Å². The number of benzene rings is 2. The van der Waals surface area contributed by atoms with Crippen LogP contribution in [0.1, 0.15) is 24.8 Å². The van der Waals surface area contributed by atoms with Gasteiger partial charge in [0.1, 0.15) is 5.52 Å². The summed E-state index contributed by atoms with van der Waals surface area (Å²) in [5.74, 6) is 0. The highest BCUT2D eigenvalue weighted by atomic mass is 16.5. The van der Waals surface area contributed by atoms with Gasteiger partial charge in [0.2, 0.25) is 0 Å². The molecule has 5 heteroatoms. The van der Waals surface area contributed by atoms with Crippen LogP contribution in [0.5, 0.6) is 0 Å². The predicted molar refractivity (Wildman–Crippen MR) is 97.0 cm³/mol. The van der Waals surface area contributed by atoms with E-state index in [1.807, 2.05) is 36.4 Å². The van der Waals surface area contributed by atoms with E-state index in [-0.39, 0.29) is 6.10 Å². The number of oxazole rings is 1. The number of hydrogen-bond acceptors (Lipinski definition) is 5. The summed E-state index contributed by atoms with van der Waals surface area (Å²) in [7, 11) is 0. The van der Waals surface area contributed by atoms with Crippen LogP contribution < -0.4 is 5.32 Å². The fourth-order valence-corrected chi connectivity index (χ4v) is 3.04. The Morgan fingerprint density at radius 2 is 2.08 bits per heavy atom. The Morgan fingerprint density at radius 3 is 2.96 bits per heavy atom. The summed E-state index contributed by atoms with van der Waals surface area (Å²) in [6.07, 6.45) is 3.74. The molecule has 130 valence electrons. The average Bonchev–Trinajstić information content (AvgIpc) is 3.05. The molecule has 1 aliphatic heterocycles. The van der Waals surface area contributed by atoms with Gasteiger partial charge in [-0.15, -0.1) is 0 Å². The van der Waals surface area contributed by atoms with Crippen molar-refractivity contribution in [1.29, 1.82) is 0 Å². The molecule has 0 amide bonds. The Kier molecular flexibility index (Phi) is 4.95. The van der Waals surface area contributed by atoms with Crippen molar-refractivity contribution in [3.05, 3.63) is 54.1 Å². The second-order valence-electron chi connectivity index (χ2n) is 6.32. The van der Waals surface area contributed by atoms with Gasteiger partial charge in [-0.3, -0.25) is 0 Å². The van der Waals surface area contributed by atoms with E-state index in [9.17, 15) is 0 Å². The van der Waals surface area contributed by atoms with Gasteiger partial charge in [-0.1, -0.05) is 24.3 Å². The molecule has 1 saturated heterocycles. The van der Waals surface area contributed by atoms with Crippen LogP contribution >= 0.6 is 0 Å². The monoisotopic (exact) mass is 338 g/mol. The largest absolute Gasteiger partial charge is 0.423 e. The Labute approximate surface area is 147 Å². The van der Waals surface area contributed by atoms with Gasteiger partial charge in [0.25, 0.3) is 6.01 Å². The molecule has 1 aliphatic rings. The summed E-state index contributed by atoms with van der Waals surface area (Å²) in [6.45, 7) is 2.09. The third kappa shape index (κ3) is 4.18. The third-order valence-electron chi connectivity index (χ3n) is 4.32. The number of aromatic nitrogens is 1. The van der Waals surface area contributed by atoms with Crippen LogP contribution in [0.3, 0.4) is 0 Å². The van der Waals surface area contributed by atoms with Gasteiger partial charge in [-0.25, -0.2) is 0 Å². The van der Waals surface area contributed by atoms with Crippen molar-refractivity contribution in [2.75, 3.05) is 18.5 Å². The highest BCUT2D eigenvalue weighted by molar-refractivity contribution is 5.75. The van der Waals surface area contributed by atoms with Crippen molar-refractivity contribution in [3.8, 4) is 0 Å². The number of nitrogens with zero attached hydrogens (tertiary/aromatic N) is 1. The number of rotatable bonds is 6. The number of fused-ring (bicyclic) bond motifs is 1. The maximum Gasteiger partial charge on any atom is 0.300 e. The number of nitrogens with one attached hydrogen (secondary N) is 1. The van der Waals surface area contributed by atoms with E-state index in [1.165, 1.54) is 12.8 Å². The third-order valence-corrected chi connectivity index (χ3v) is 4.32. The van der Waals surface area contributed by atoms with Crippen molar-refractivity contribution >= 4 is 22.8 Å². The van der Waals surface area contributed by atoms with E-state index < -0.39 is 0 Å². The van der Waals surface area contributed by atoms with E-state index in [0.717, 1.165) is 35.4 Å². The van der Waals surface area contributed by atoms with Crippen LogP contribution in [0.25, 0.3) is 11.1 Å². The highest BCUT2D eigenvalue weighted by Crippen LogP contribution is 2.22. The van der Waals surface area contributed by atoms with Gasteiger partial charge in [-0.05, 0) is 49.1 Å². The van der Waals surface area contributed by atoms with Gasteiger partial charge >= 0.3 is 0 Å². The normalized spacial score (nSPS) is 17.7. The van der Waals surface area contributed by atoms with Gasteiger partial charge in [0.15, 0.2) is 5.58 Å². The zero-order valence-electron chi connectivity index (χ0n) is 14.1. The first kappa shape index (κ1) is 16.1. The lowest BCUT2D eigenvalue weighted by Gasteiger charge is -2.22. The lowest BCUT2D eigenvalue weighted by atomic mass is 10.1. The molecule has 0 bridgehead atoms. The van der Waals surface area contributed by atoms with Crippen molar-refractivity contribution < 1.29 is 13.9 Å². The number of anilines is 2. The molecule has 1 N–H and O–H groups in total. The molecular weight excluding hydrogens is 316 g/mol. The molecular formula is C20H22N2O3. The molecule has 4 rings (SSSR count). The summed E-state index contributed by atoms with van der Waals surface area (Å²) in [5, 5.41) is 3.22. The quantitative estimate of drug-likeness (QED) is 0.708. The molecule has 0 spiro atoms. The second kappa shape index (κ2) is 7.68. The fraction of sp³-hybridized carbons (Fsp3) is 0.350. The molecule has 1 atom stereocenters. The van der Waals surface area contributed by atoms with Crippen LogP contribution in [0.15, 0.2) is 52.9 Å². The first-order valence-electron chi connectivity index (χ1n) is 8.78. The lowest BCUT2D eigenvalue weighted by Crippen LogP contribution is -2.24. The molecule has 3 aromatic rings. The Bertz CT molecular complexity index is 791. The van der Waals surface area contributed by atoms with Gasteiger partial charge in [0.05, 0.1) is 19.3 Å². The molecule has 0 radical (unpaired) electrons. The van der Waals surface area contributed by atoms with E-state index in [4.69, 9.17) is 13.9 Å². The first-order valence-corrected chi connectivity index (χ1v) is 8.78. The minimum Gasteiger partial charge on any atom is -0.423 e. The van der Waals surface area contributed by atoms with Crippen molar-refractivity contribution in [3.63, 3.8) is 0 Å². The molecule has 2 heterocycles. The van der Waals surface area contributed by atoms with Gasteiger partial charge in [0, 0.05) is 12.3 Å². The standard InChI is InChI=1S/C20H22N2O3/c1-2-10-19-18(9-1)22-20(25-19)21-16-7-5-6-15(12-16)13-23-14-17-8-3-4-11-24-17/h1-2,5-7,9-10,12,17H,3-4,8,11,13-14H2,(H,21,22)/t17-/m1/s1. The minimum atomic E-state index is 0.245. The van der Waals surface area contributed by atoms with Crippen LogP contribution in [0.4, 0.5) is 11.7 Å². The molecule has 1 fully saturated rings. The topological polar surface area (TPSA) is 56.5 Å². The highest BCUT2D eigenvalue weighted by Gasteiger charge is 2.13. The van der Waals surface area contributed by atoms with E-state index in [2.05, 4.69) is 22.4 Å². The summed E-state index contributed by atoms with van der Waals surface area (Å²) in [4.78, 5) is 4.44. The fourth-order valence-electron chi connectivity index (χ4n) is 3.04. The Morgan fingerprint density at radius 1 is 1.12 bits per heavy atom. The van der Waals surface area contributed by atoms with Crippen molar-refractivity contribution in [2.45, 2.75) is 32.0 Å². The van der Waals surface area contributed by atoms with E-state index in [0.29, 0.717) is 19.2 Å². The Balaban J connectivity index is 1.35. The maximum absolute atomic E-state index is 5.82. The van der Waals surface area contributed by atoms with E-state index in [1.54, 1.807) is 0 Å². The summed E-state index contributed by atoms with van der Waals surface area (Å²) >= 11 is 0. The number of ether oxygens (including phenoxy) is 2. The van der Waals surface area contributed by atoms with Crippen LogP contribution in [0, 0.1) is 0 Å². The predicted octanol–water partition coefficient (Wildman–Crippen LogP) is 4.66. The molecule has 0 saturated carbocycles. The van der Waals surface area contributed by atoms with Gasteiger partial charge < -0.3 is 19.2 Å². The number of para-hydroxylation sites is 2. The van der Waals surface area contributed by atoms with Crippen LogP contribution in [-0.2, 0) is 16.1 Å². The molecule has 5 nitrogen and oxygen atoms in total. The molecule has 25 heavy (non-hydrogen) atoms. The molecule has 1 aromatic heterocycles. The summed E-state index contributed by atoms with van der Waals surface area (Å²) < 4.78 is 17.2. The molecule has 0 aliphatic carbocycles. The zero-order valence-corrected chi connectivity index (χ0v) is 14.1. The van der Waals surface area contributed by atoms with Crippen molar-refractivity contribution in [2.24, 2.45) is 0 Å². The first-order chi connectivity index (χ1) is 12.4. The number of hydrogen-bond donors (Lipinski definition) is 1. The lowest BCUT2D eigenvalue weighted by molar-refractivity contribution is -0.0447. The second-order valence-corrected chi connectivity index (χ2v) is 6.32. The SMILES string of the molecule is c1cc(COC[C@H]2CCCCO2)cc(Nc2nc3ccccc3o2)c1. The smallest absolute Gasteiger partial charge is 0.300 e. The average molecular weight is 338 g/mol. The van der Waals surface area contributed by atoms with Crippen molar-refractivity contribution in [1.82, 2.24) is 4.98 Å². The minimum absolute atomic E-state index is 0.245. The van der Waals surface area contributed by atoms with E-state index >= 15 is 0 Å². The van der Waals surface area contributed by atoms with Crippen LogP contribution in [-0.4, -0.2) is 24.3 Å². The Hall–Kier alpha value is -2.37. The van der Waals surface area contributed by atoms with Crippen LogP contribution in [0.2, 0.25) is 0 Å². The molecule has 2 aromatic carbocycles. The maximum atomic E-state index is 5.82. The molecule has 0 unspecified atom stereocenters. The summed E-state index contributed by atoms with van der Waals surface area (Å²) in [5.41, 5.74) is 3.66.